The highest BCUT2D eigenvalue weighted by Gasteiger charge is 2.36. The van der Waals surface area contributed by atoms with Crippen LogP contribution in [0.25, 0.3) is 0 Å². The van der Waals surface area contributed by atoms with Crippen LogP contribution < -0.4 is 5.76 Å². The quantitative estimate of drug-likeness (QED) is 0.888. The average Bonchev–Trinajstić information content (AvgIpc) is 3.06. The van der Waals surface area contributed by atoms with Crippen LogP contribution in [0.15, 0.2) is 15.4 Å². The summed E-state index contributed by atoms with van der Waals surface area (Å²) >= 11 is 0. The summed E-state index contributed by atoms with van der Waals surface area (Å²) in [6.45, 7) is 2.16. The van der Waals surface area contributed by atoms with E-state index in [4.69, 9.17) is 9.52 Å². The molecule has 2 aliphatic heterocycles. The highest BCUT2D eigenvalue weighted by Crippen LogP contribution is 2.35. The molecule has 1 amide bonds. The Labute approximate surface area is 122 Å². The molecule has 0 aliphatic carbocycles. The molecular weight excluding hydrogens is 274 g/mol. The fourth-order valence-corrected chi connectivity index (χ4v) is 3.52. The van der Waals surface area contributed by atoms with Crippen molar-refractivity contribution in [3.05, 3.63) is 22.5 Å². The van der Waals surface area contributed by atoms with E-state index in [1.165, 1.54) is 9.47 Å². The summed E-state index contributed by atoms with van der Waals surface area (Å²) < 4.78 is 6.81. The molecule has 1 aromatic rings. The normalized spacial score (nSPS) is 24.6. The first-order chi connectivity index (χ1) is 10.1. The van der Waals surface area contributed by atoms with Gasteiger partial charge >= 0.3 is 11.8 Å². The smallest absolute Gasteiger partial charge is 0.418 e. The SMILES string of the molecule is Cn1cc(C2CCCN2C2CCN(C(=O)O)CC2)oc1=O. The van der Waals surface area contributed by atoms with Crippen molar-refractivity contribution in [3.8, 4) is 0 Å². The van der Waals surface area contributed by atoms with Gasteiger partial charge in [0.1, 0.15) is 5.76 Å². The second-order valence-corrected chi connectivity index (χ2v) is 5.91. The number of aromatic nitrogens is 1. The lowest BCUT2D eigenvalue weighted by Gasteiger charge is -2.37. The molecule has 0 radical (unpaired) electrons. The fraction of sp³-hybridized carbons (Fsp3) is 0.714. The van der Waals surface area contributed by atoms with Gasteiger partial charge in [-0.15, -0.1) is 0 Å². The Morgan fingerprint density at radius 2 is 2.00 bits per heavy atom. The lowest BCUT2D eigenvalue weighted by molar-refractivity contribution is 0.0833. The van der Waals surface area contributed by atoms with Gasteiger partial charge in [0.25, 0.3) is 0 Å². The van der Waals surface area contributed by atoms with E-state index in [9.17, 15) is 9.59 Å². The third-order valence-electron chi connectivity index (χ3n) is 4.64. The molecule has 116 valence electrons. The number of nitrogens with zero attached hydrogens (tertiary/aromatic N) is 3. The summed E-state index contributed by atoms with van der Waals surface area (Å²) in [5.41, 5.74) is 0. The van der Waals surface area contributed by atoms with Gasteiger partial charge in [0.2, 0.25) is 0 Å². The van der Waals surface area contributed by atoms with Crippen molar-refractivity contribution in [3.63, 3.8) is 0 Å². The maximum atomic E-state index is 11.5. The van der Waals surface area contributed by atoms with E-state index in [1.807, 2.05) is 0 Å². The zero-order valence-electron chi connectivity index (χ0n) is 12.2. The molecule has 3 rings (SSSR count). The second kappa shape index (κ2) is 5.55. The van der Waals surface area contributed by atoms with E-state index in [1.54, 1.807) is 13.2 Å². The lowest BCUT2D eigenvalue weighted by atomic mass is 10.0. The number of likely N-dealkylation sites (tertiary alicyclic amines) is 2. The fourth-order valence-electron chi connectivity index (χ4n) is 3.52. The van der Waals surface area contributed by atoms with Crippen molar-refractivity contribution in [1.82, 2.24) is 14.4 Å². The zero-order chi connectivity index (χ0) is 15.0. The van der Waals surface area contributed by atoms with Gasteiger partial charge in [-0.25, -0.2) is 9.59 Å². The van der Waals surface area contributed by atoms with E-state index in [-0.39, 0.29) is 11.8 Å². The number of hydrogen-bond donors (Lipinski definition) is 1. The Morgan fingerprint density at radius 3 is 2.57 bits per heavy atom. The van der Waals surface area contributed by atoms with Gasteiger partial charge in [-0.3, -0.25) is 9.47 Å². The molecule has 1 aromatic heterocycles. The van der Waals surface area contributed by atoms with Gasteiger partial charge in [-0.2, -0.15) is 0 Å². The van der Waals surface area contributed by atoms with E-state index >= 15 is 0 Å². The molecule has 1 unspecified atom stereocenters. The number of oxazole rings is 1. The molecule has 7 nitrogen and oxygen atoms in total. The number of aryl methyl sites for hydroxylation is 1. The van der Waals surface area contributed by atoms with Gasteiger partial charge in [0.15, 0.2) is 0 Å². The van der Waals surface area contributed by atoms with Crippen LogP contribution in [0.2, 0.25) is 0 Å². The predicted molar refractivity (Wildman–Crippen MR) is 75.2 cm³/mol. The predicted octanol–water partition coefficient (Wildman–Crippen LogP) is 1.26. The molecule has 0 bridgehead atoms. The molecular formula is C14H21N3O4. The van der Waals surface area contributed by atoms with E-state index in [2.05, 4.69) is 4.90 Å². The summed E-state index contributed by atoms with van der Waals surface area (Å²) in [7, 11) is 1.69. The number of piperidine rings is 1. The van der Waals surface area contributed by atoms with Crippen LogP contribution in [-0.4, -0.2) is 51.2 Å². The number of carbonyl (C=O) groups is 1. The molecule has 1 N–H and O–H groups in total. The van der Waals surface area contributed by atoms with Gasteiger partial charge in [-0.05, 0) is 32.2 Å². The molecule has 1 atom stereocenters. The molecule has 2 fully saturated rings. The monoisotopic (exact) mass is 295 g/mol. The number of amides is 1. The Morgan fingerprint density at radius 1 is 1.29 bits per heavy atom. The number of hydrogen-bond acceptors (Lipinski definition) is 4. The molecule has 0 aromatic carbocycles. The molecule has 0 saturated carbocycles. The maximum absolute atomic E-state index is 11.5. The van der Waals surface area contributed by atoms with Gasteiger partial charge in [0, 0.05) is 26.2 Å². The largest absolute Gasteiger partial charge is 0.465 e. The standard InChI is InChI=1S/C14H21N3O4/c1-15-9-12(21-14(15)20)11-3-2-6-17(11)10-4-7-16(8-5-10)13(18)19/h9-11H,2-8H2,1H3,(H,18,19). The van der Waals surface area contributed by atoms with Crippen molar-refractivity contribution in [2.24, 2.45) is 7.05 Å². The van der Waals surface area contributed by atoms with Crippen molar-refractivity contribution in [1.29, 1.82) is 0 Å². The van der Waals surface area contributed by atoms with Gasteiger partial charge in [0.05, 0.1) is 12.2 Å². The Balaban J connectivity index is 1.70. The zero-order valence-corrected chi connectivity index (χ0v) is 12.2. The Kier molecular flexibility index (Phi) is 3.75. The summed E-state index contributed by atoms with van der Waals surface area (Å²) in [4.78, 5) is 26.3. The Bertz CT molecular complexity index is 571. The number of rotatable bonds is 2. The highest BCUT2D eigenvalue weighted by atomic mass is 16.4. The summed E-state index contributed by atoms with van der Waals surface area (Å²) in [6, 6.07) is 0.527. The minimum Gasteiger partial charge on any atom is -0.465 e. The van der Waals surface area contributed by atoms with Crippen LogP contribution in [0.5, 0.6) is 0 Å². The topological polar surface area (TPSA) is 78.9 Å². The van der Waals surface area contributed by atoms with E-state index < -0.39 is 6.09 Å². The molecule has 7 heteroatoms. The Hall–Kier alpha value is -1.76. The first-order valence-electron chi connectivity index (χ1n) is 7.46. The van der Waals surface area contributed by atoms with Crippen LogP contribution in [-0.2, 0) is 7.05 Å². The first-order valence-corrected chi connectivity index (χ1v) is 7.46. The van der Waals surface area contributed by atoms with Crippen LogP contribution >= 0.6 is 0 Å². The van der Waals surface area contributed by atoms with Gasteiger partial charge < -0.3 is 14.4 Å². The van der Waals surface area contributed by atoms with Crippen LogP contribution in [0.4, 0.5) is 4.79 Å². The first kappa shape index (κ1) is 14.2. The third-order valence-corrected chi connectivity index (χ3v) is 4.64. The minimum atomic E-state index is -0.833. The van der Waals surface area contributed by atoms with Crippen molar-refractivity contribution < 1.29 is 14.3 Å². The van der Waals surface area contributed by atoms with Crippen LogP contribution in [0.1, 0.15) is 37.5 Å². The minimum absolute atomic E-state index is 0.153. The van der Waals surface area contributed by atoms with Crippen molar-refractivity contribution >= 4 is 6.09 Å². The molecule has 2 saturated heterocycles. The summed E-state index contributed by atoms with van der Waals surface area (Å²) in [5, 5.41) is 9.01. The van der Waals surface area contributed by atoms with Crippen molar-refractivity contribution in [2.45, 2.75) is 37.8 Å². The molecule has 21 heavy (non-hydrogen) atoms. The third kappa shape index (κ3) is 2.70. The molecule has 0 spiro atoms. The summed E-state index contributed by atoms with van der Waals surface area (Å²) in [5.74, 6) is 0.415. The van der Waals surface area contributed by atoms with Crippen molar-refractivity contribution in [2.75, 3.05) is 19.6 Å². The highest BCUT2D eigenvalue weighted by molar-refractivity contribution is 5.65. The molecule has 3 heterocycles. The van der Waals surface area contributed by atoms with Crippen LogP contribution in [0, 0.1) is 0 Å². The van der Waals surface area contributed by atoms with E-state index in [0.29, 0.717) is 19.1 Å². The molecule has 2 aliphatic rings. The summed E-state index contributed by atoms with van der Waals surface area (Å²) in [6.07, 6.45) is 4.71. The number of carboxylic acid groups (broad SMARTS) is 1. The van der Waals surface area contributed by atoms with Crippen LogP contribution in [0.3, 0.4) is 0 Å². The maximum Gasteiger partial charge on any atom is 0.418 e. The average molecular weight is 295 g/mol. The second-order valence-electron chi connectivity index (χ2n) is 5.91. The lowest BCUT2D eigenvalue weighted by Crippen LogP contribution is -2.46. The van der Waals surface area contributed by atoms with Gasteiger partial charge in [-0.1, -0.05) is 0 Å². The van der Waals surface area contributed by atoms with E-state index in [0.717, 1.165) is 38.0 Å².